The van der Waals surface area contributed by atoms with Gasteiger partial charge in [-0.1, -0.05) is 18.2 Å². The Bertz CT molecular complexity index is 742. The van der Waals surface area contributed by atoms with Gasteiger partial charge in [0.25, 0.3) is 0 Å². The molecule has 26 heavy (non-hydrogen) atoms. The Morgan fingerprint density at radius 3 is 2.46 bits per heavy atom. The third kappa shape index (κ3) is 6.12. The topological polar surface area (TPSA) is 84.9 Å². The summed E-state index contributed by atoms with van der Waals surface area (Å²) in [6, 6.07) is 13.8. The highest BCUT2D eigenvalue weighted by Gasteiger charge is 2.09. The molecule has 0 aliphatic heterocycles. The van der Waals surface area contributed by atoms with Crippen molar-refractivity contribution >= 4 is 11.9 Å². The number of nitrogens with one attached hydrogen (secondary N) is 1. The van der Waals surface area contributed by atoms with E-state index in [0.29, 0.717) is 30.9 Å². The lowest BCUT2D eigenvalue weighted by molar-refractivity contribution is -0.121. The minimum absolute atomic E-state index is 0.0756. The van der Waals surface area contributed by atoms with Gasteiger partial charge in [-0.3, -0.25) is 4.79 Å². The number of ether oxygens (including phenoxy) is 2. The summed E-state index contributed by atoms with van der Waals surface area (Å²) in [6.45, 7) is 2.28. The van der Waals surface area contributed by atoms with Crippen LogP contribution in [0.1, 0.15) is 29.3 Å². The lowest BCUT2D eigenvalue weighted by atomic mass is 10.1. The molecule has 6 nitrogen and oxygen atoms in total. The molecule has 138 valence electrons. The molecule has 1 unspecified atom stereocenters. The molecule has 0 spiro atoms. The van der Waals surface area contributed by atoms with E-state index < -0.39 is 5.97 Å². The van der Waals surface area contributed by atoms with Gasteiger partial charge in [-0.2, -0.15) is 0 Å². The molecule has 0 bridgehead atoms. The maximum Gasteiger partial charge on any atom is 0.335 e. The van der Waals surface area contributed by atoms with E-state index in [1.807, 2.05) is 25.1 Å². The van der Waals surface area contributed by atoms with Gasteiger partial charge in [0, 0.05) is 12.5 Å². The average molecular weight is 357 g/mol. The number of carbonyl (C=O) groups excluding carboxylic acids is 1. The van der Waals surface area contributed by atoms with E-state index in [9.17, 15) is 9.59 Å². The molecular formula is C20H23NO5. The van der Waals surface area contributed by atoms with E-state index in [0.717, 1.165) is 5.56 Å². The zero-order valence-electron chi connectivity index (χ0n) is 14.9. The van der Waals surface area contributed by atoms with E-state index in [1.165, 1.54) is 0 Å². The van der Waals surface area contributed by atoms with Crippen molar-refractivity contribution in [1.29, 1.82) is 0 Å². The molecular weight excluding hydrogens is 334 g/mol. The average Bonchev–Trinajstić information content (AvgIpc) is 2.65. The third-order valence-electron chi connectivity index (χ3n) is 3.81. The van der Waals surface area contributed by atoms with Gasteiger partial charge in [0.1, 0.15) is 17.6 Å². The van der Waals surface area contributed by atoms with Gasteiger partial charge < -0.3 is 19.9 Å². The number of amides is 1. The number of aromatic carboxylic acids is 1. The molecule has 2 aromatic rings. The predicted molar refractivity (Wildman–Crippen MR) is 97.8 cm³/mol. The Morgan fingerprint density at radius 1 is 1.12 bits per heavy atom. The molecule has 0 heterocycles. The van der Waals surface area contributed by atoms with Gasteiger partial charge in [-0.05, 0) is 43.2 Å². The molecule has 2 N–H and O–H groups in total. The SMILES string of the molecule is COc1cccc(OC(C)CNC(=O)CCc2ccc(C(=O)O)cc2)c1. The summed E-state index contributed by atoms with van der Waals surface area (Å²) < 4.78 is 10.9. The maximum absolute atomic E-state index is 12.0. The highest BCUT2D eigenvalue weighted by molar-refractivity contribution is 5.87. The second-order valence-corrected chi connectivity index (χ2v) is 5.91. The fourth-order valence-electron chi connectivity index (χ4n) is 2.37. The van der Waals surface area contributed by atoms with E-state index >= 15 is 0 Å². The molecule has 0 fully saturated rings. The minimum atomic E-state index is -0.959. The molecule has 1 amide bonds. The molecule has 0 saturated heterocycles. The molecule has 0 aromatic heterocycles. The van der Waals surface area contributed by atoms with Gasteiger partial charge in [-0.25, -0.2) is 4.79 Å². The van der Waals surface area contributed by atoms with Gasteiger partial charge in [0.05, 0.1) is 19.2 Å². The van der Waals surface area contributed by atoms with Crippen LogP contribution >= 0.6 is 0 Å². The summed E-state index contributed by atoms with van der Waals surface area (Å²) in [5, 5.41) is 11.7. The summed E-state index contributed by atoms with van der Waals surface area (Å²) in [7, 11) is 1.60. The largest absolute Gasteiger partial charge is 0.497 e. The second kappa shape index (κ2) is 9.46. The van der Waals surface area contributed by atoms with Crippen LogP contribution in [-0.4, -0.2) is 36.7 Å². The van der Waals surface area contributed by atoms with Gasteiger partial charge >= 0.3 is 5.97 Å². The molecule has 6 heteroatoms. The molecule has 0 saturated carbocycles. The van der Waals surface area contributed by atoms with Crippen LogP contribution < -0.4 is 14.8 Å². The fourth-order valence-corrected chi connectivity index (χ4v) is 2.37. The predicted octanol–water partition coefficient (Wildman–Crippen LogP) is 2.91. The van der Waals surface area contributed by atoms with Crippen LogP contribution in [-0.2, 0) is 11.2 Å². The number of carbonyl (C=O) groups is 2. The number of carboxylic acid groups (broad SMARTS) is 1. The Balaban J connectivity index is 1.72. The Morgan fingerprint density at radius 2 is 1.81 bits per heavy atom. The van der Waals surface area contributed by atoms with Crippen LogP contribution in [0, 0.1) is 0 Å². The van der Waals surface area contributed by atoms with Crippen LogP contribution in [0.5, 0.6) is 11.5 Å². The summed E-state index contributed by atoms with van der Waals surface area (Å²) in [5.74, 6) is 0.366. The summed E-state index contributed by atoms with van der Waals surface area (Å²) >= 11 is 0. The van der Waals surface area contributed by atoms with Crippen molar-refractivity contribution in [2.24, 2.45) is 0 Å². The van der Waals surface area contributed by atoms with Gasteiger partial charge in [0.15, 0.2) is 0 Å². The minimum Gasteiger partial charge on any atom is -0.497 e. The van der Waals surface area contributed by atoms with Crippen LogP contribution in [0.25, 0.3) is 0 Å². The molecule has 0 aliphatic carbocycles. The van der Waals surface area contributed by atoms with Crippen molar-refractivity contribution in [1.82, 2.24) is 5.32 Å². The van der Waals surface area contributed by atoms with Crippen LogP contribution in [0.3, 0.4) is 0 Å². The smallest absolute Gasteiger partial charge is 0.335 e. The second-order valence-electron chi connectivity index (χ2n) is 5.91. The van der Waals surface area contributed by atoms with Crippen molar-refractivity contribution in [2.75, 3.05) is 13.7 Å². The van der Waals surface area contributed by atoms with Crippen molar-refractivity contribution in [3.63, 3.8) is 0 Å². The zero-order chi connectivity index (χ0) is 18.9. The number of benzene rings is 2. The van der Waals surface area contributed by atoms with E-state index in [1.54, 1.807) is 37.4 Å². The first-order valence-corrected chi connectivity index (χ1v) is 8.37. The molecule has 1 atom stereocenters. The van der Waals surface area contributed by atoms with E-state index in [4.69, 9.17) is 14.6 Å². The summed E-state index contributed by atoms with van der Waals surface area (Å²) in [4.78, 5) is 22.8. The summed E-state index contributed by atoms with van der Waals surface area (Å²) in [5.41, 5.74) is 1.16. The van der Waals surface area contributed by atoms with Crippen LogP contribution in [0.2, 0.25) is 0 Å². The quantitative estimate of drug-likeness (QED) is 0.721. The number of rotatable bonds is 9. The highest BCUT2D eigenvalue weighted by atomic mass is 16.5. The number of methoxy groups -OCH3 is 1. The highest BCUT2D eigenvalue weighted by Crippen LogP contribution is 2.19. The van der Waals surface area contributed by atoms with Gasteiger partial charge in [-0.15, -0.1) is 0 Å². The van der Waals surface area contributed by atoms with Crippen LogP contribution in [0.4, 0.5) is 0 Å². The Labute approximate surface area is 152 Å². The lowest BCUT2D eigenvalue weighted by Gasteiger charge is -2.16. The first-order chi connectivity index (χ1) is 12.5. The molecule has 2 rings (SSSR count). The number of carboxylic acids is 1. The zero-order valence-corrected chi connectivity index (χ0v) is 14.9. The first-order valence-electron chi connectivity index (χ1n) is 8.37. The van der Waals surface area contributed by atoms with E-state index in [2.05, 4.69) is 5.32 Å². The maximum atomic E-state index is 12.0. The summed E-state index contributed by atoms with van der Waals surface area (Å²) in [6.07, 6.45) is 0.704. The number of hydrogen-bond donors (Lipinski definition) is 2. The number of hydrogen-bond acceptors (Lipinski definition) is 4. The van der Waals surface area contributed by atoms with Crippen molar-refractivity contribution in [3.05, 3.63) is 59.7 Å². The Hall–Kier alpha value is -3.02. The number of aryl methyl sites for hydroxylation is 1. The fraction of sp³-hybridized carbons (Fsp3) is 0.300. The normalized spacial score (nSPS) is 11.5. The Kier molecular flexibility index (Phi) is 7.02. The van der Waals surface area contributed by atoms with Crippen molar-refractivity contribution in [3.8, 4) is 11.5 Å². The third-order valence-corrected chi connectivity index (χ3v) is 3.81. The van der Waals surface area contributed by atoms with Crippen molar-refractivity contribution in [2.45, 2.75) is 25.9 Å². The standard InChI is InChI=1S/C20H23NO5/c1-14(26-18-5-3-4-17(12-18)25-2)13-21-19(22)11-8-15-6-9-16(10-7-15)20(23)24/h3-7,9-10,12,14H,8,11,13H2,1-2H3,(H,21,22)(H,23,24). The van der Waals surface area contributed by atoms with Gasteiger partial charge in [0.2, 0.25) is 5.91 Å². The first kappa shape index (κ1) is 19.3. The molecule has 2 aromatic carbocycles. The van der Waals surface area contributed by atoms with Crippen LogP contribution in [0.15, 0.2) is 48.5 Å². The van der Waals surface area contributed by atoms with E-state index in [-0.39, 0.29) is 17.6 Å². The van der Waals surface area contributed by atoms with Crippen molar-refractivity contribution < 1.29 is 24.2 Å². The monoisotopic (exact) mass is 357 g/mol. The lowest BCUT2D eigenvalue weighted by Crippen LogP contribution is -2.33. The molecule has 0 aliphatic rings. The molecule has 0 radical (unpaired) electrons.